The van der Waals surface area contributed by atoms with Crippen LogP contribution < -0.4 is 0 Å². The summed E-state index contributed by atoms with van der Waals surface area (Å²) in [7, 11) is 0. The molecule has 0 radical (unpaired) electrons. The third kappa shape index (κ3) is 4.38. The van der Waals surface area contributed by atoms with E-state index < -0.39 is 47.5 Å². The van der Waals surface area contributed by atoms with Crippen molar-refractivity contribution in [2.24, 2.45) is 11.8 Å². The highest BCUT2D eigenvalue weighted by molar-refractivity contribution is 5.98. The predicted octanol–water partition coefficient (Wildman–Crippen LogP) is 2.25. The summed E-state index contributed by atoms with van der Waals surface area (Å²) in [5, 5.41) is 20.4. The molecule has 0 aromatic heterocycles. The number of benzene rings is 1. The Morgan fingerprint density at radius 3 is 2.69 bits per heavy atom. The van der Waals surface area contributed by atoms with Gasteiger partial charge in [0.25, 0.3) is 0 Å². The molecule has 190 valence electrons. The normalized spacial score (nSPS) is 29.8. The van der Waals surface area contributed by atoms with Crippen molar-refractivity contribution < 1.29 is 29.3 Å². The molecule has 0 unspecified atom stereocenters. The number of fused-ring (bicyclic) bond motifs is 1. The molecular weight excluding hydrogens is 448 g/mol. The van der Waals surface area contributed by atoms with Gasteiger partial charge in [-0.3, -0.25) is 14.4 Å². The molecule has 2 amide bonds. The summed E-state index contributed by atoms with van der Waals surface area (Å²) in [6, 6.07) is 7.84. The van der Waals surface area contributed by atoms with Crippen LogP contribution in [0.5, 0.6) is 0 Å². The maximum absolute atomic E-state index is 14.1. The fourth-order valence-corrected chi connectivity index (χ4v) is 6.36. The minimum atomic E-state index is -1.18. The highest BCUT2D eigenvalue weighted by Crippen LogP contribution is 2.59. The summed E-state index contributed by atoms with van der Waals surface area (Å²) in [5.41, 5.74) is -0.262. The Labute approximate surface area is 206 Å². The van der Waals surface area contributed by atoms with Crippen molar-refractivity contribution in [3.8, 4) is 0 Å². The van der Waals surface area contributed by atoms with Gasteiger partial charge in [0.1, 0.15) is 11.6 Å². The van der Waals surface area contributed by atoms with E-state index in [1.54, 1.807) is 11.0 Å². The van der Waals surface area contributed by atoms with Crippen molar-refractivity contribution in [1.82, 2.24) is 9.80 Å². The average Bonchev–Trinajstić information content (AvgIpc) is 3.50. The Kier molecular flexibility index (Phi) is 7.62. The third-order valence-corrected chi connectivity index (χ3v) is 7.87. The summed E-state index contributed by atoms with van der Waals surface area (Å²) in [6.07, 6.45) is 5.19. The third-order valence-electron chi connectivity index (χ3n) is 7.87. The maximum Gasteiger partial charge on any atom is 0.310 e. The van der Waals surface area contributed by atoms with E-state index in [4.69, 9.17) is 4.74 Å². The van der Waals surface area contributed by atoms with Crippen LogP contribution in [-0.2, 0) is 25.5 Å². The summed E-state index contributed by atoms with van der Waals surface area (Å²) >= 11 is 0. The first-order chi connectivity index (χ1) is 16.9. The summed E-state index contributed by atoms with van der Waals surface area (Å²) in [5.74, 6) is -3.65. The number of carbonyl (C=O) groups excluding carboxylic acids is 2. The second-order valence-electron chi connectivity index (χ2n) is 9.95. The topological polar surface area (TPSA) is 107 Å². The number of rotatable bonds is 12. The number of aliphatic carboxylic acids is 1. The molecule has 6 atom stereocenters. The lowest BCUT2D eigenvalue weighted by atomic mass is 9.70. The lowest BCUT2D eigenvalue weighted by Gasteiger charge is -2.39. The zero-order valence-corrected chi connectivity index (χ0v) is 20.3. The molecule has 0 saturated carbocycles. The lowest BCUT2D eigenvalue weighted by molar-refractivity contribution is -0.153. The van der Waals surface area contributed by atoms with Crippen molar-refractivity contribution in [3.05, 3.63) is 48.6 Å². The Morgan fingerprint density at radius 2 is 2.06 bits per heavy atom. The number of hydrogen-bond donors (Lipinski definition) is 2. The van der Waals surface area contributed by atoms with Crippen molar-refractivity contribution >= 4 is 17.8 Å². The molecule has 1 aromatic rings. The fourth-order valence-electron chi connectivity index (χ4n) is 6.36. The van der Waals surface area contributed by atoms with Gasteiger partial charge in [0.15, 0.2) is 0 Å². The monoisotopic (exact) mass is 484 g/mol. The molecule has 1 spiro atoms. The molecule has 2 bridgehead atoms. The van der Waals surface area contributed by atoms with E-state index in [2.05, 4.69) is 13.5 Å². The highest BCUT2D eigenvalue weighted by Gasteiger charge is 2.75. The van der Waals surface area contributed by atoms with E-state index in [0.29, 0.717) is 32.4 Å². The highest BCUT2D eigenvalue weighted by atomic mass is 16.5. The Bertz CT molecular complexity index is 952. The summed E-state index contributed by atoms with van der Waals surface area (Å²) in [4.78, 5) is 43.4. The number of amides is 2. The number of carboxylic acid groups (broad SMARTS) is 1. The van der Waals surface area contributed by atoms with Crippen LogP contribution >= 0.6 is 0 Å². The van der Waals surface area contributed by atoms with Gasteiger partial charge < -0.3 is 24.7 Å². The van der Waals surface area contributed by atoms with Gasteiger partial charge in [0, 0.05) is 13.1 Å². The number of carbonyl (C=O) groups is 3. The van der Waals surface area contributed by atoms with Gasteiger partial charge in [-0.2, -0.15) is 0 Å². The van der Waals surface area contributed by atoms with Gasteiger partial charge in [0.05, 0.1) is 30.6 Å². The zero-order valence-electron chi connectivity index (χ0n) is 20.3. The average molecular weight is 485 g/mol. The number of hydrogen-bond acceptors (Lipinski definition) is 5. The molecule has 8 nitrogen and oxygen atoms in total. The van der Waals surface area contributed by atoms with Crippen LogP contribution in [0.2, 0.25) is 0 Å². The smallest absolute Gasteiger partial charge is 0.310 e. The second kappa shape index (κ2) is 10.5. The van der Waals surface area contributed by atoms with Crippen molar-refractivity contribution in [2.75, 3.05) is 19.7 Å². The first kappa shape index (κ1) is 25.4. The van der Waals surface area contributed by atoms with Gasteiger partial charge in [-0.1, -0.05) is 56.2 Å². The van der Waals surface area contributed by atoms with E-state index in [0.717, 1.165) is 24.8 Å². The Hall–Kier alpha value is -2.71. The number of unbranched alkanes of at least 4 members (excludes halogenated alkanes) is 2. The molecular formula is C27H36N2O6. The van der Waals surface area contributed by atoms with Gasteiger partial charge in [-0.15, -0.1) is 6.58 Å². The van der Waals surface area contributed by atoms with Gasteiger partial charge in [-0.05, 0) is 31.2 Å². The lowest BCUT2D eigenvalue weighted by Crippen LogP contribution is -2.59. The van der Waals surface area contributed by atoms with Crippen LogP contribution in [0.25, 0.3) is 0 Å². The van der Waals surface area contributed by atoms with Gasteiger partial charge >= 0.3 is 5.97 Å². The molecule has 4 rings (SSSR count). The number of nitrogens with zero attached hydrogens (tertiary/aromatic N) is 2. The van der Waals surface area contributed by atoms with Crippen LogP contribution in [0.4, 0.5) is 0 Å². The number of ether oxygens (including phenoxy) is 1. The van der Waals surface area contributed by atoms with Crippen molar-refractivity contribution in [1.29, 1.82) is 0 Å². The van der Waals surface area contributed by atoms with E-state index in [9.17, 15) is 24.6 Å². The van der Waals surface area contributed by atoms with E-state index >= 15 is 0 Å². The number of likely N-dealkylation sites (tertiary alicyclic amines) is 1. The molecule has 8 heteroatoms. The molecule has 2 N–H and O–H groups in total. The maximum atomic E-state index is 14.1. The molecule has 3 saturated heterocycles. The van der Waals surface area contributed by atoms with Crippen LogP contribution in [0.15, 0.2) is 43.0 Å². The molecule has 0 aliphatic carbocycles. The Balaban J connectivity index is 1.74. The predicted molar refractivity (Wildman–Crippen MR) is 129 cm³/mol. The van der Waals surface area contributed by atoms with Gasteiger partial charge in [-0.25, -0.2) is 0 Å². The fraction of sp³-hybridized carbons (Fsp3) is 0.593. The Morgan fingerprint density at radius 1 is 1.31 bits per heavy atom. The van der Waals surface area contributed by atoms with Crippen LogP contribution in [-0.4, -0.2) is 81.3 Å². The number of aliphatic hydroxyl groups excluding tert-OH is 1. The van der Waals surface area contributed by atoms with Crippen LogP contribution in [0.1, 0.15) is 44.6 Å². The molecule has 3 heterocycles. The standard InChI is InChI=1S/C27H36N2O6/c1-3-5-9-15-28(14-4-2)25(32)23-27-13-12-20(35-27)21(26(33)34)22(27)24(31)29(23)19(17-30)16-18-10-7-6-8-11-18/h4,6-8,10-11,19-23,30H,2-3,5,9,12-17H2,1H3,(H,33,34)/t19-,20-,21+,22+,23-,27+/m1/s1. The quantitative estimate of drug-likeness (QED) is 0.348. The van der Waals surface area contributed by atoms with Crippen molar-refractivity contribution in [3.63, 3.8) is 0 Å². The van der Waals surface area contributed by atoms with E-state index in [1.807, 2.05) is 30.3 Å². The second-order valence-corrected chi connectivity index (χ2v) is 9.95. The van der Waals surface area contributed by atoms with E-state index in [1.165, 1.54) is 4.90 Å². The van der Waals surface area contributed by atoms with Crippen LogP contribution in [0.3, 0.4) is 0 Å². The minimum Gasteiger partial charge on any atom is -0.481 e. The van der Waals surface area contributed by atoms with Gasteiger partial charge in [0.2, 0.25) is 11.8 Å². The van der Waals surface area contributed by atoms with Crippen LogP contribution in [0, 0.1) is 11.8 Å². The molecule has 1 aromatic carbocycles. The SMILES string of the molecule is C=CCN(CCCCC)C(=O)[C@H]1N([C@@H](CO)Cc2ccccc2)C(=O)[C@@H]2[C@@H](C(=O)O)[C@H]3CC[C@]21O3. The molecule has 3 fully saturated rings. The van der Waals surface area contributed by atoms with E-state index in [-0.39, 0.29) is 12.5 Å². The number of carboxylic acids is 1. The number of aliphatic hydroxyl groups is 1. The van der Waals surface area contributed by atoms with Crippen molar-refractivity contribution in [2.45, 2.75) is 69.2 Å². The largest absolute Gasteiger partial charge is 0.481 e. The molecule has 35 heavy (non-hydrogen) atoms. The summed E-state index contributed by atoms with van der Waals surface area (Å²) in [6.45, 7) is 6.40. The molecule has 3 aliphatic rings. The zero-order chi connectivity index (χ0) is 25.2. The minimum absolute atomic E-state index is 0.255. The molecule has 3 aliphatic heterocycles. The first-order valence-corrected chi connectivity index (χ1v) is 12.7. The summed E-state index contributed by atoms with van der Waals surface area (Å²) < 4.78 is 6.29. The first-order valence-electron chi connectivity index (χ1n) is 12.7.